The molecule has 4 aromatic carbocycles. The van der Waals surface area contributed by atoms with Crippen LogP contribution < -0.4 is 25.4 Å². The van der Waals surface area contributed by atoms with Crippen molar-refractivity contribution in [2.24, 2.45) is 0 Å². The molecule has 1 fully saturated rings. The van der Waals surface area contributed by atoms with Gasteiger partial charge in [0.2, 0.25) is 5.78 Å². The average Bonchev–Trinajstić information content (AvgIpc) is 3.47. The molecule has 4 aromatic rings. The molecule has 1 aliphatic heterocycles. The van der Waals surface area contributed by atoms with E-state index < -0.39 is 120 Å². The zero-order chi connectivity index (χ0) is 58.1. The van der Waals surface area contributed by atoms with E-state index in [0.717, 1.165) is 0 Å². The lowest BCUT2D eigenvalue weighted by Crippen LogP contribution is -2.56. The summed E-state index contributed by atoms with van der Waals surface area (Å²) in [7, 11) is 1.28. The number of ether oxygens (including phenoxy) is 6. The molecule has 7 atom stereocenters. The van der Waals surface area contributed by atoms with Crippen molar-refractivity contribution >= 4 is 47.2 Å². The van der Waals surface area contributed by atoms with Gasteiger partial charge in [0.1, 0.15) is 53.7 Å². The fourth-order valence-corrected chi connectivity index (χ4v) is 9.79. The van der Waals surface area contributed by atoms with E-state index in [4.69, 9.17) is 28.4 Å². The number of carbonyl (C=O) groups excluding carboxylic acids is 8. The number of aliphatic hydroxyl groups excluding tert-OH is 2. The van der Waals surface area contributed by atoms with E-state index in [1.165, 1.54) is 75.2 Å². The number of carbonyl (C=O) groups is 8. The number of aromatic hydroxyl groups is 2. The summed E-state index contributed by atoms with van der Waals surface area (Å²) in [4.78, 5) is 105. The molecule has 24 nitrogen and oxygen atoms in total. The highest BCUT2D eigenvalue weighted by atomic mass is 16.7. The lowest BCUT2D eigenvalue weighted by molar-refractivity contribution is -0.249. The van der Waals surface area contributed by atoms with Gasteiger partial charge in [-0.05, 0) is 44.5 Å². The maximum atomic E-state index is 14.1. The minimum atomic E-state index is -2.42. The number of benzene rings is 4. The summed E-state index contributed by atoms with van der Waals surface area (Å²) in [5.74, 6) is -4.64. The number of phenolic OH excluding ortho intramolecular Hbond substituents is 2. The second kappa shape index (κ2) is 26.0. The standard InChI is InChI=1S/C56H64N4O20/c1-30(62)24-55(3,73)17-22-76-52(70)58-19-21-60(20-18-57-27-38(63)33-9-6-5-7-10-33)54(72)79-34-15-13-32(14-16-34)29-77-53(71)59-37-23-42(78-31(2)47(37)65)80-40-26-56(74,41(64)28-61)25-36-44(40)51(69)46-45(49(36)67)48(66)35-11-8-12-39(75-4)43(35)50(46)68/h5-16,31,37,40,42,47,57,61,65,67,69,73-74H,17-29H2,1-4H3,(H,58,70)(H,59,71)/t31-,37-,40-,42+,47+,55?,56-/m0/s1. The van der Waals surface area contributed by atoms with Crippen LogP contribution in [0, 0.1) is 0 Å². The average molecular weight is 1110 g/mol. The number of nitrogens with one attached hydrogen (secondary N) is 3. The highest BCUT2D eigenvalue weighted by Crippen LogP contribution is 2.52. The molecule has 1 saturated heterocycles. The van der Waals surface area contributed by atoms with Gasteiger partial charge in [-0.3, -0.25) is 24.0 Å². The first-order valence-corrected chi connectivity index (χ1v) is 25.7. The smallest absolute Gasteiger partial charge is 0.415 e. The summed E-state index contributed by atoms with van der Waals surface area (Å²) in [6.07, 6.45) is -9.60. The van der Waals surface area contributed by atoms with Crippen LogP contribution in [0.1, 0.15) is 111 Å². The molecule has 0 radical (unpaired) electrons. The van der Waals surface area contributed by atoms with E-state index >= 15 is 0 Å². The van der Waals surface area contributed by atoms with Crippen molar-refractivity contribution in [3.8, 4) is 23.0 Å². The highest BCUT2D eigenvalue weighted by molar-refractivity contribution is 6.31. The van der Waals surface area contributed by atoms with E-state index in [9.17, 15) is 69.0 Å². The minimum absolute atomic E-state index is 0.0149. The fourth-order valence-electron chi connectivity index (χ4n) is 9.79. The number of rotatable bonds is 23. The van der Waals surface area contributed by atoms with Crippen LogP contribution in [-0.2, 0) is 41.6 Å². The van der Waals surface area contributed by atoms with Crippen LogP contribution in [0.25, 0.3) is 0 Å². The largest absolute Gasteiger partial charge is 0.507 e. The number of alkyl carbamates (subject to hydrolysis) is 2. The summed E-state index contributed by atoms with van der Waals surface area (Å²) < 4.78 is 33.7. The zero-order valence-electron chi connectivity index (χ0n) is 44.4. The predicted octanol–water partition coefficient (Wildman–Crippen LogP) is 3.09. The molecule has 9 N–H and O–H groups in total. The van der Waals surface area contributed by atoms with Crippen molar-refractivity contribution in [1.82, 2.24) is 20.9 Å². The van der Waals surface area contributed by atoms with E-state index in [0.29, 0.717) is 11.1 Å². The third kappa shape index (κ3) is 14.1. The van der Waals surface area contributed by atoms with Gasteiger partial charge in [0.25, 0.3) is 0 Å². The molecule has 7 rings (SSSR count). The van der Waals surface area contributed by atoms with Crippen LogP contribution in [0.3, 0.4) is 0 Å². The number of fused-ring (bicyclic) bond motifs is 3. The lowest BCUT2D eigenvalue weighted by atomic mass is 9.72. The Morgan fingerprint density at radius 2 is 1.57 bits per heavy atom. The minimum Gasteiger partial charge on any atom is -0.507 e. The third-order valence-corrected chi connectivity index (χ3v) is 13.9. The number of nitrogens with zero attached hydrogens (tertiary/aromatic N) is 1. The molecule has 80 heavy (non-hydrogen) atoms. The summed E-state index contributed by atoms with van der Waals surface area (Å²) >= 11 is 0. The van der Waals surface area contributed by atoms with Gasteiger partial charge in [0.15, 0.2) is 23.6 Å². The van der Waals surface area contributed by atoms with Gasteiger partial charge in [0.05, 0.1) is 60.8 Å². The first-order chi connectivity index (χ1) is 38.0. The molecule has 0 saturated carbocycles. The number of Topliss-reactive ketones (excluding diaryl/α,β-unsaturated/α-hetero) is 3. The molecule has 0 spiro atoms. The lowest BCUT2D eigenvalue weighted by Gasteiger charge is -2.42. The van der Waals surface area contributed by atoms with Gasteiger partial charge in [-0.25, -0.2) is 14.4 Å². The number of amides is 3. The van der Waals surface area contributed by atoms with E-state index in [1.54, 1.807) is 30.3 Å². The van der Waals surface area contributed by atoms with Gasteiger partial charge in [0, 0.05) is 80.5 Å². The monoisotopic (exact) mass is 1110 g/mol. The summed E-state index contributed by atoms with van der Waals surface area (Å²) in [5.41, 5.74) is -4.81. The van der Waals surface area contributed by atoms with Gasteiger partial charge in [-0.1, -0.05) is 54.6 Å². The van der Waals surface area contributed by atoms with Crippen molar-refractivity contribution in [2.45, 2.75) is 101 Å². The van der Waals surface area contributed by atoms with Crippen LogP contribution >= 0.6 is 0 Å². The van der Waals surface area contributed by atoms with Gasteiger partial charge < -0.3 is 79.9 Å². The Bertz CT molecular complexity index is 2990. The molecule has 2 aliphatic carbocycles. The number of methoxy groups -OCH3 is 1. The topological polar surface area (TPSA) is 353 Å². The number of ketones is 5. The Labute approximate surface area is 458 Å². The Morgan fingerprint density at radius 3 is 2.26 bits per heavy atom. The van der Waals surface area contributed by atoms with Gasteiger partial charge >= 0.3 is 18.3 Å². The molecule has 428 valence electrons. The highest BCUT2D eigenvalue weighted by Gasteiger charge is 2.50. The SMILES string of the molecule is COc1cccc2c1C(=O)c1c(O)c3c(c(O)c1C2=O)C[C@@](O)(C(=O)CO)C[C@@H]3O[C@@H]1C[C@H](NC(=O)OCc2ccc(OC(=O)N(CCNCC(=O)c3ccccc3)CCNC(=O)OCCC(C)(O)CC(C)=O)cc2)[C@H](O)[C@H](C)O1. The summed E-state index contributed by atoms with van der Waals surface area (Å²) in [6.45, 7) is 2.76. The Hall–Kier alpha value is -7.84. The number of phenols is 2. The predicted molar refractivity (Wildman–Crippen MR) is 278 cm³/mol. The fraction of sp³-hybridized carbons (Fsp3) is 0.429. The van der Waals surface area contributed by atoms with Gasteiger partial charge in [-0.2, -0.15) is 0 Å². The Kier molecular flexibility index (Phi) is 19.4. The molecule has 0 aromatic heterocycles. The van der Waals surface area contributed by atoms with Crippen LogP contribution in [0.2, 0.25) is 0 Å². The van der Waals surface area contributed by atoms with Gasteiger partial charge in [-0.15, -0.1) is 0 Å². The molecule has 1 heterocycles. The zero-order valence-corrected chi connectivity index (χ0v) is 44.4. The molecule has 3 aliphatic rings. The number of aliphatic hydroxyl groups is 4. The van der Waals surface area contributed by atoms with E-state index in [-0.39, 0.29) is 111 Å². The second-order valence-corrected chi connectivity index (χ2v) is 20.0. The quantitative estimate of drug-likeness (QED) is 0.0258. The summed E-state index contributed by atoms with van der Waals surface area (Å²) in [6, 6.07) is 17.7. The number of hydrogen-bond donors (Lipinski definition) is 9. The first-order valence-electron chi connectivity index (χ1n) is 25.7. The van der Waals surface area contributed by atoms with Crippen LogP contribution in [0.4, 0.5) is 14.4 Å². The Balaban J connectivity index is 0.965. The molecule has 3 amide bonds. The maximum Gasteiger partial charge on any atom is 0.415 e. The Morgan fingerprint density at radius 1 is 0.875 bits per heavy atom. The first kappa shape index (κ1) is 59.8. The van der Waals surface area contributed by atoms with Crippen molar-refractivity contribution in [3.63, 3.8) is 0 Å². The normalized spacial score (nSPS) is 20.9. The molecule has 24 heteroatoms. The second-order valence-electron chi connectivity index (χ2n) is 20.0. The van der Waals surface area contributed by atoms with Crippen molar-refractivity contribution < 1.29 is 97.4 Å². The number of hydrogen-bond acceptors (Lipinski definition) is 21. The van der Waals surface area contributed by atoms with E-state index in [2.05, 4.69) is 16.0 Å². The van der Waals surface area contributed by atoms with Crippen LogP contribution in [0.15, 0.2) is 72.8 Å². The van der Waals surface area contributed by atoms with Crippen molar-refractivity contribution in [3.05, 3.63) is 117 Å². The summed E-state index contributed by atoms with van der Waals surface area (Å²) in [5, 5.41) is 74.6. The van der Waals surface area contributed by atoms with Crippen molar-refractivity contribution in [1.29, 1.82) is 0 Å². The van der Waals surface area contributed by atoms with Crippen molar-refractivity contribution in [2.75, 3.05) is 53.0 Å². The molecule has 1 unspecified atom stereocenters. The molecule has 0 bridgehead atoms. The molecular formula is C56H64N4O20. The molecular weight excluding hydrogens is 1050 g/mol. The van der Waals surface area contributed by atoms with Crippen LogP contribution in [0.5, 0.6) is 23.0 Å². The third-order valence-electron chi connectivity index (χ3n) is 13.9. The van der Waals surface area contributed by atoms with E-state index in [1.807, 2.05) is 0 Å². The maximum absolute atomic E-state index is 14.1. The van der Waals surface area contributed by atoms with Crippen LogP contribution in [-0.4, -0.2) is 172 Å².